The molecule has 0 aromatic carbocycles. The highest BCUT2D eigenvalue weighted by Crippen LogP contribution is 2.28. The molecule has 0 aliphatic heterocycles. The molecule has 2 rings (SSSR count). The van der Waals surface area contributed by atoms with Crippen LogP contribution in [0.3, 0.4) is 0 Å². The predicted molar refractivity (Wildman–Crippen MR) is 79.2 cm³/mol. The Hall–Kier alpha value is -0.870. The summed E-state index contributed by atoms with van der Waals surface area (Å²) in [5, 5.41) is 8.17. The number of aromatic nitrogens is 2. The molecule has 1 saturated carbocycles. The van der Waals surface area contributed by atoms with Gasteiger partial charge in [0.05, 0.1) is 11.7 Å². The van der Waals surface area contributed by atoms with Crippen LogP contribution in [0.15, 0.2) is 12.3 Å². The topological polar surface area (TPSA) is 33.1 Å². The van der Waals surface area contributed by atoms with Crippen LogP contribution in [0, 0.1) is 0 Å². The van der Waals surface area contributed by atoms with Gasteiger partial charge < -0.3 is 5.32 Å². The molecule has 0 radical (unpaired) electrons. The van der Waals surface area contributed by atoms with Gasteiger partial charge in [-0.1, -0.05) is 19.8 Å². The Bertz CT molecular complexity index is 355. The van der Waals surface area contributed by atoms with Gasteiger partial charge in [-0.05, 0) is 38.9 Å². The van der Waals surface area contributed by atoms with E-state index in [1.165, 1.54) is 37.8 Å². The summed E-state index contributed by atoms with van der Waals surface area (Å²) in [6, 6.07) is 2.83. The van der Waals surface area contributed by atoms with E-state index in [9.17, 15) is 0 Å². The van der Waals surface area contributed by atoms with Gasteiger partial charge in [0.2, 0.25) is 0 Å². The highest BCUT2D eigenvalue weighted by molar-refractivity contribution is 5.00. The molecule has 4 nitrogen and oxygen atoms in total. The normalized spacial score (nSPS) is 16.6. The molecule has 0 unspecified atom stereocenters. The first kappa shape index (κ1) is 14.5. The molecule has 0 atom stereocenters. The lowest BCUT2D eigenvalue weighted by molar-refractivity contribution is 0.317. The van der Waals surface area contributed by atoms with E-state index in [0.29, 0.717) is 6.04 Å². The van der Waals surface area contributed by atoms with Crippen LogP contribution in [0.2, 0.25) is 0 Å². The Morgan fingerprint density at radius 2 is 2.16 bits per heavy atom. The molecule has 1 fully saturated rings. The van der Waals surface area contributed by atoms with Gasteiger partial charge in [-0.25, -0.2) is 0 Å². The lowest BCUT2D eigenvalue weighted by Crippen LogP contribution is -2.29. The van der Waals surface area contributed by atoms with Gasteiger partial charge in [0, 0.05) is 25.8 Å². The van der Waals surface area contributed by atoms with Crippen LogP contribution < -0.4 is 5.32 Å². The monoisotopic (exact) mass is 264 g/mol. The van der Waals surface area contributed by atoms with E-state index in [1.54, 1.807) is 0 Å². The average Bonchev–Trinajstić information content (AvgIpc) is 3.04. The highest BCUT2D eigenvalue weighted by atomic mass is 15.3. The summed E-state index contributed by atoms with van der Waals surface area (Å²) < 4.78 is 2.19. The highest BCUT2D eigenvalue weighted by Gasteiger charge is 2.17. The fourth-order valence-corrected chi connectivity index (χ4v) is 2.76. The molecule has 0 bridgehead atoms. The van der Waals surface area contributed by atoms with Crippen LogP contribution in [0.25, 0.3) is 0 Å². The maximum Gasteiger partial charge on any atom is 0.0764 e. The van der Waals surface area contributed by atoms with Crippen molar-refractivity contribution in [2.24, 2.45) is 0 Å². The summed E-state index contributed by atoms with van der Waals surface area (Å²) in [6.07, 6.45) is 8.70. The Morgan fingerprint density at radius 1 is 1.37 bits per heavy atom. The molecule has 1 aromatic heterocycles. The van der Waals surface area contributed by atoms with E-state index in [2.05, 4.69) is 41.1 Å². The average molecular weight is 264 g/mol. The van der Waals surface area contributed by atoms with Gasteiger partial charge in [0.25, 0.3) is 0 Å². The van der Waals surface area contributed by atoms with E-state index in [0.717, 1.165) is 26.2 Å². The summed E-state index contributed by atoms with van der Waals surface area (Å²) in [7, 11) is 2.17. The quantitative estimate of drug-likeness (QED) is 0.732. The molecule has 108 valence electrons. The molecule has 1 N–H and O–H groups in total. The van der Waals surface area contributed by atoms with Crippen molar-refractivity contribution in [2.45, 2.75) is 51.6 Å². The van der Waals surface area contributed by atoms with Crippen molar-refractivity contribution in [1.82, 2.24) is 20.0 Å². The number of likely N-dealkylation sites (N-methyl/N-ethyl adjacent to an activating group) is 1. The minimum absolute atomic E-state index is 0.658. The Morgan fingerprint density at radius 3 is 2.89 bits per heavy atom. The Kier molecular flexibility index (Phi) is 5.86. The molecule has 0 spiro atoms. The Labute approximate surface area is 117 Å². The second kappa shape index (κ2) is 7.65. The first-order chi connectivity index (χ1) is 9.29. The van der Waals surface area contributed by atoms with E-state index < -0.39 is 0 Å². The van der Waals surface area contributed by atoms with Crippen LogP contribution in [0.1, 0.15) is 50.8 Å². The minimum Gasteiger partial charge on any atom is -0.315 e. The molecular weight excluding hydrogens is 236 g/mol. The third-order valence-electron chi connectivity index (χ3n) is 3.89. The van der Waals surface area contributed by atoms with E-state index in [4.69, 9.17) is 5.10 Å². The lowest BCUT2D eigenvalue weighted by Gasteiger charge is -2.15. The maximum absolute atomic E-state index is 4.73. The third-order valence-corrected chi connectivity index (χ3v) is 3.89. The third kappa shape index (κ3) is 4.62. The summed E-state index contributed by atoms with van der Waals surface area (Å²) in [6.45, 7) is 6.41. The SMILES string of the molecule is CCCNCCN(C)Cc1ccn(C2CCCC2)n1. The second-order valence-corrected chi connectivity index (χ2v) is 5.71. The van der Waals surface area contributed by atoms with Crippen molar-refractivity contribution in [2.75, 3.05) is 26.7 Å². The van der Waals surface area contributed by atoms with Gasteiger partial charge in [0.15, 0.2) is 0 Å². The number of rotatable bonds is 8. The summed E-state index contributed by atoms with van der Waals surface area (Å²) in [5.41, 5.74) is 1.20. The van der Waals surface area contributed by atoms with Crippen molar-refractivity contribution in [1.29, 1.82) is 0 Å². The summed E-state index contributed by atoms with van der Waals surface area (Å²) in [4.78, 5) is 2.34. The van der Waals surface area contributed by atoms with Crippen molar-refractivity contribution in [3.8, 4) is 0 Å². The number of hydrogen-bond donors (Lipinski definition) is 1. The molecule has 4 heteroatoms. The van der Waals surface area contributed by atoms with Gasteiger partial charge in [-0.3, -0.25) is 9.58 Å². The predicted octanol–water partition coefficient (Wildman–Crippen LogP) is 2.43. The second-order valence-electron chi connectivity index (χ2n) is 5.71. The van der Waals surface area contributed by atoms with Gasteiger partial charge >= 0.3 is 0 Å². The smallest absolute Gasteiger partial charge is 0.0764 e. The molecule has 1 aromatic rings. The molecule has 1 aliphatic rings. The zero-order valence-electron chi connectivity index (χ0n) is 12.4. The number of hydrogen-bond acceptors (Lipinski definition) is 3. The van der Waals surface area contributed by atoms with Crippen molar-refractivity contribution in [3.05, 3.63) is 18.0 Å². The first-order valence-corrected chi connectivity index (χ1v) is 7.73. The fraction of sp³-hybridized carbons (Fsp3) is 0.800. The van der Waals surface area contributed by atoms with Crippen LogP contribution >= 0.6 is 0 Å². The van der Waals surface area contributed by atoms with E-state index in [1.807, 2.05) is 0 Å². The van der Waals surface area contributed by atoms with E-state index in [-0.39, 0.29) is 0 Å². The largest absolute Gasteiger partial charge is 0.315 e. The number of nitrogens with zero attached hydrogens (tertiary/aromatic N) is 3. The zero-order valence-corrected chi connectivity index (χ0v) is 12.4. The summed E-state index contributed by atoms with van der Waals surface area (Å²) >= 11 is 0. The van der Waals surface area contributed by atoms with Gasteiger partial charge in [-0.15, -0.1) is 0 Å². The maximum atomic E-state index is 4.73. The molecule has 1 aliphatic carbocycles. The van der Waals surface area contributed by atoms with Gasteiger partial charge in [0.1, 0.15) is 0 Å². The van der Waals surface area contributed by atoms with Gasteiger partial charge in [-0.2, -0.15) is 5.10 Å². The number of nitrogens with one attached hydrogen (secondary N) is 1. The van der Waals surface area contributed by atoms with Crippen LogP contribution in [0.5, 0.6) is 0 Å². The van der Waals surface area contributed by atoms with E-state index >= 15 is 0 Å². The van der Waals surface area contributed by atoms with Crippen molar-refractivity contribution < 1.29 is 0 Å². The standard InChI is InChI=1S/C15H28N4/c1-3-9-16-10-12-18(2)13-14-8-11-19(17-14)15-6-4-5-7-15/h8,11,15-16H,3-7,9-10,12-13H2,1-2H3. The van der Waals surface area contributed by atoms with Crippen LogP contribution in [-0.2, 0) is 6.54 Å². The molecule has 0 saturated heterocycles. The lowest BCUT2D eigenvalue weighted by atomic mass is 10.3. The fourth-order valence-electron chi connectivity index (χ4n) is 2.76. The molecule has 0 amide bonds. The van der Waals surface area contributed by atoms with Crippen LogP contribution in [0.4, 0.5) is 0 Å². The van der Waals surface area contributed by atoms with Crippen molar-refractivity contribution >= 4 is 0 Å². The minimum atomic E-state index is 0.658. The zero-order chi connectivity index (χ0) is 13.5. The summed E-state index contributed by atoms with van der Waals surface area (Å²) in [5.74, 6) is 0. The molecule has 1 heterocycles. The first-order valence-electron chi connectivity index (χ1n) is 7.73. The Balaban J connectivity index is 1.72. The molecule has 19 heavy (non-hydrogen) atoms. The molecular formula is C15H28N4. The van der Waals surface area contributed by atoms with Crippen molar-refractivity contribution in [3.63, 3.8) is 0 Å². The van der Waals surface area contributed by atoms with Crippen LogP contribution in [-0.4, -0.2) is 41.4 Å².